The Labute approximate surface area is 156 Å². The zero-order valence-electron chi connectivity index (χ0n) is 15.0. The Morgan fingerprint density at radius 2 is 1.85 bits per heavy atom. The molecule has 0 bridgehead atoms. The lowest BCUT2D eigenvalue weighted by Gasteiger charge is -2.10. The van der Waals surface area contributed by atoms with Crippen LogP contribution in [0, 0.1) is 12.7 Å². The van der Waals surface area contributed by atoms with Gasteiger partial charge < -0.3 is 15.4 Å². The van der Waals surface area contributed by atoms with E-state index < -0.39 is 5.82 Å². The van der Waals surface area contributed by atoms with Crippen LogP contribution in [0.2, 0.25) is 0 Å². The van der Waals surface area contributed by atoms with Crippen molar-refractivity contribution in [1.29, 1.82) is 0 Å². The Kier molecular flexibility index (Phi) is 5.61. The smallest absolute Gasteiger partial charge is 0.270 e. The van der Waals surface area contributed by atoms with Crippen LogP contribution in [-0.4, -0.2) is 23.0 Å². The van der Waals surface area contributed by atoms with Gasteiger partial charge in [0.1, 0.15) is 28.9 Å². The molecular formula is C20H19FN4O2. The predicted octanol–water partition coefficient (Wildman–Crippen LogP) is 3.61. The summed E-state index contributed by atoms with van der Waals surface area (Å²) in [7, 11) is 1.60. The summed E-state index contributed by atoms with van der Waals surface area (Å²) in [6.07, 6.45) is 0. The molecule has 0 unspecified atom stereocenters. The van der Waals surface area contributed by atoms with Gasteiger partial charge in [0.15, 0.2) is 0 Å². The molecule has 0 saturated carbocycles. The molecule has 0 aliphatic rings. The Morgan fingerprint density at radius 3 is 2.56 bits per heavy atom. The minimum Gasteiger partial charge on any atom is -0.497 e. The first kappa shape index (κ1) is 18.3. The largest absolute Gasteiger partial charge is 0.497 e. The zero-order chi connectivity index (χ0) is 19.2. The van der Waals surface area contributed by atoms with Crippen molar-refractivity contribution in [2.75, 3.05) is 12.4 Å². The monoisotopic (exact) mass is 366 g/mol. The lowest BCUT2D eigenvalue weighted by Crippen LogP contribution is -2.24. The molecule has 0 aliphatic carbocycles. The number of methoxy groups -OCH3 is 1. The van der Waals surface area contributed by atoms with Crippen molar-refractivity contribution < 1.29 is 13.9 Å². The summed E-state index contributed by atoms with van der Waals surface area (Å²) in [4.78, 5) is 20.8. The van der Waals surface area contributed by atoms with Gasteiger partial charge >= 0.3 is 0 Å². The number of aryl methyl sites for hydroxylation is 1. The molecule has 7 heteroatoms. The van der Waals surface area contributed by atoms with Crippen molar-refractivity contribution in [3.63, 3.8) is 0 Å². The van der Waals surface area contributed by atoms with Gasteiger partial charge in [-0.25, -0.2) is 14.4 Å². The highest BCUT2D eigenvalue weighted by Gasteiger charge is 2.11. The van der Waals surface area contributed by atoms with Crippen molar-refractivity contribution in [2.24, 2.45) is 0 Å². The third-order valence-corrected chi connectivity index (χ3v) is 3.82. The summed E-state index contributed by atoms with van der Waals surface area (Å²) in [6.45, 7) is 2.02. The van der Waals surface area contributed by atoms with Crippen LogP contribution < -0.4 is 15.4 Å². The van der Waals surface area contributed by atoms with Crippen LogP contribution in [0.15, 0.2) is 54.6 Å². The fraction of sp³-hybridized carbons (Fsp3) is 0.150. The second-order valence-electron chi connectivity index (χ2n) is 5.82. The van der Waals surface area contributed by atoms with Gasteiger partial charge in [-0.2, -0.15) is 0 Å². The van der Waals surface area contributed by atoms with Gasteiger partial charge in [0.05, 0.1) is 12.8 Å². The number of hydrogen-bond acceptors (Lipinski definition) is 5. The molecule has 3 rings (SSSR count). The molecule has 1 heterocycles. The predicted molar refractivity (Wildman–Crippen MR) is 101 cm³/mol. The Hall–Kier alpha value is -3.48. The van der Waals surface area contributed by atoms with Gasteiger partial charge in [-0.3, -0.25) is 4.79 Å². The van der Waals surface area contributed by atoms with E-state index in [9.17, 15) is 9.18 Å². The minimum atomic E-state index is -0.403. The number of nitrogens with zero attached hydrogens (tertiary/aromatic N) is 2. The highest BCUT2D eigenvalue weighted by atomic mass is 19.1. The van der Waals surface area contributed by atoms with E-state index in [1.165, 1.54) is 12.1 Å². The Balaban J connectivity index is 1.70. The highest BCUT2D eigenvalue weighted by Crippen LogP contribution is 2.18. The number of ether oxygens (including phenoxy) is 1. The maximum atomic E-state index is 13.8. The van der Waals surface area contributed by atoms with Crippen molar-refractivity contribution in [3.8, 4) is 5.75 Å². The molecule has 0 atom stereocenters. The number of amides is 1. The molecule has 0 fully saturated rings. The first-order valence-corrected chi connectivity index (χ1v) is 8.33. The fourth-order valence-corrected chi connectivity index (χ4v) is 2.46. The summed E-state index contributed by atoms with van der Waals surface area (Å²) in [5.41, 5.74) is 1.41. The van der Waals surface area contributed by atoms with E-state index in [4.69, 9.17) is 4.74 Å². The molecule has 3 aromatic rings. The molecule has 0 saturated heterocycles. The number of carbonyl (C=O) groups excluding carboxylic acids is 1. The van der Waals surface area contributed by atoms with Crippen LogP contribution in [0.5, 0.6) is 5.75 Å². The van der Waals surface area contributed by atoms with E-state index in [-0.39, 0.29) is 17.3 Å². The molecule has 0 radical (unpaired) electrons. The van der Waals surface area contributed by atoms with E-state index >= 15 is 0 Å². The third-order valence-electron chi connectivity index (χ3n) is 3.82. The third kappa shape index (κ3) is 4.78. The van der Waals surface area contributed by atoms with Crippen LogP contribution in [0.1, 0.15) is 21.9 Å². The van der Waals surface area contributed by atoms with Gasteiger partial charge in [0.25, 0.3) is 5.91 Å². The molecule has 2 N–H and O–H groups in total. The summed E-state index contributed by atoms with van der Waals surface area (Å²) < 4.78 is 18.9. The van der Waals surface area contributed by atoms with Crippen molar-refractivity contribution in [1.82, 2.24) is 15.3 Å². The topological polar surface area (TPSA) is 76.1 Å². The number of carbonyl (C=O) groups is 1. The molecule has 0 aliphatic heterocycles. The minimum absolute atomic E-state index is 0.204. The van der Waals surface area contributed by atoms with Gasteiger partial charge in [0.2, 0.25) is 0 Å². The van der Waals surface area contributed by atoms with Gasteiger partial charge in [0, 0.05) is 12.6 Å². The van der Waals surface area contributed by atoms with E-state index in [2.05, 4.69) is 20.6 Å². The van der Waals surface area contributed by atoms with Gasteiger partial charge in [-0.1, -0.05) is 24.3 Å². The zero-order valence-corrected chi connectivity index (χ0v) is 15.0. The number of para-hydroxylation sites is 1. The average Bonchev–Trinajstić information content (AvgIpc) is 2.68. The van der Waals surface area contributed by atoms with Crippen molar-refractivity contribution >= 4 is 17.4 Å². The second-order valence-corrected chi connectivity index (χ2v) is 5.82. The lowest BCUT2D eigenvalue weighted by atomic mass is 10.2. The second kappa shape index (κ2) is 8.27. The maximum absolute atomic E-state index is 13.8. The van der Waals surface area contributed by atoms with Crippen LogP contribution in [0.25, 0.3) is 0 Å². The molecule has 6 nitrogen and oxygen atoms in total. The number of aromatic nitrogens is 2. The standard InChI is InChI=1S/C20H19FN4O2/c1-13-23-18(11-19(24-13)25-17-6-4-3-5-16(17)21)20(26)22-12-14-7-9-15(27-2)10-8-14/h3-11H,12H2,1-2H3,(H,22,26)(H,23,24,25). The maximum Gasteiger partial charge on any atom is 0.270 e. The number of anilines is 2. The highest BCUT2D eigenvalue weighted by molar-refractivity contribution is 5.93. The molecule has 0 spiro atoms. The number of benzene rings is 2. The molecule has 1 amide bonds. The summed E-state index contributed by atoms with van der Waals surface area (Å²) in [5, 5.41) is 5.69. The van der Waals surface area contributed by atoms with Gasteiger partial charge in [-0.15, -0.1) is 0 Å². The van der Waals surface area contributed by atoms with Crippen LogP contribution in [0.3, 0.4) is 0 Å². The van der Waals surface area contributed by atoms with Crippen LogP contribution >= 0.6 is 0 Å². The number of rotatable bonds is 6. The van der Waals surface area contributed by atoms with E-state index in [0.29, 0.717) is 18.2 Å². The number of hydrogen-bond donors (Lipinski definition) is 2. The van der Waals surface area contributed by atoms with Crippen molar-refractivity contribution in [2.45, 2.75) is 13.5 Å². The van der Waals surface area contributed by atoms with Crippen molar-refractivity contribution in [3.05, 3.63) is 77.5 Å². The summed E-state index contributed by atoms with van der Waals surface area (Å²) >= 11 is 0. The van der Waals surface area contributed by atoms with E-state index in [0.717, 1.165) is 11.3 Å². The van der Waals surface area contributed by atoms with Crippen LogP contribution in [-0.2, 0) is 6.54 Å². The van der Waals surface area contributed by atoms with E-state index in [1.54, 1.807) is 32.2 Å². The quantitative estimate of drug-likeness (QED) is 0.697. The Bertz CT molecular complexity index is 945. The average molecular weight is 366 g/mol. The Morgan fingerprint density at radius 1 is 1.11 bits per heavy atom. The number of halogens is 1. The van der Waals surface area contributed by atoms with Gasteiger partial charge in [-0.05, 0) is 36.8 Å². The lowest BCUT2D eigenvalue weighted by molar-refractivity contribution is 0.0945. The SMILES string of the molecule is COc1ccc(CNC(=O)c2cc(Nc3ccccc3F)nc(C)n2)cc1. The molecule has 1 aromatic heterocycles. The van der Waals surface area contributed by atoms with Crippen LogP contribution in [0.4, 0.5) is 15.9 Å². The fourth-order valence-electron chi connectivity index (χ4n) is 2.46. The molecule has 27 heavy (non-hydrogen) atoms. The molecule has 2 aromatic carbocycles. The first-order chi connectivity index (χ1) is 13.0. The first-order valence-electron chi connectivity index (χ1n) is 8.33. The number of nitrogens with one attached hydrogen (secondary N) is 2. The summed E-state index contributed by atoms with van der Waals surface area (Å²) in [6, 6.07) is 15.1. The molecular weight excluding hydrogens is 347 g/mol. The summed E-state index contributed by atoms with van der Waals surface area (Å²) in [5.74, 6) is 0.765. The molecule has 138 valence electrons. The van der Waals surface area contributed by atoms with E-state index in [1.807, 2.05) is 24.3 Å². The normalized spacial score (nSPS) is 10.3.